The molecule has 0 aliphatic heterocycles. The molecule has 0 unspecified atom stereocenters. The molecular weight excluding hydrogens is 379 g/mol. The molecular formula is C21H21FN2O3S. The van der Waals surface area contributed by atoms with Crippen LogP contribution in [0.15, 0.2) is 53.9 Å². The summed E-state index contributed by atoms with van der Waals surface area (Å²) in [7, 11) is 1.63. The summed E-state index contributed by atoms with van der Waals surface area (Å²) in [6.45, 7) is 2.17. The van der Waals surface area contributed by atoms with E-state index in [9.17, 15) is 9.18 Å². The Labute approximate surface area is 167 Å². The third kappa shape index (κ3) is 5.07. The molecule has 1 atom stereocenters. The molecule has 1 N–H and O–H groups in total. The minimum atomic E-state index is -0.648. The zero-order valence-electron chi connectivity index (χ0n) is 15.6. The van der Waals surface area contributed by atoms with Crippen LogP contribution in [0.25, 0.3) is 10.6 Å². The van der Waals surface area contributed by atoms with Crippen LogP contribution in [0.4, 0.5) is 4.39 Å². The van der Waals surface area contributed by atoms with Gasteiger partial charge in [0.1, 0.15) is 22.3 Å². The van der Waals surface area contributed by atoms with Crippen molar-refractivity contribution in [1.29, 1.82) is 0 Å². The van der Waals surface area contributed by atoms with Gasteiger partial charge in [0.2, 0.25) is 0 Å². The van der Waals surface area contributed by atoms with Crippen LogP contribution in [0.2, 0.25) is 0 Å². The zero-order valence-corrected chi connectivity index (χ0v) is 16.5. The summed E-state index contributed by atoms with van der Waals surface area (Å²) in [5.41, 5.74) is 1.77. The van der Waals surface area contributed by atoms with Crippen molar-refractivity contribution < 1.29 is 18.7 Å². The van der Waals surface area contributed by atoms with E-state index >= 15 is 0 Å². The predicted molar refractivity (Wildman–Crippen MR) is 107 cm³/mol. The van der Waals surface area contributed by atoms with Crippen LogP contribution in [0.1, 0.15) is 19.0 Å². The molecule has 2 aromatic carbocycles. The first kappa shape index (κ1) is 19.8. The van der Waals surface area contributed by atoms with Crippen LogP contribution in [-0.4, -0.2) is 24.1 Å². The molecule has 5 nitrogen and oxygen atoms in total. The van der Waals surface area contributed by atoms with Crippen LogP contribution in [0, 0.1) is 5.82 Å². The van der Waals surface area contributed by atoms with Gasteiger partial charge in [-0.3, -0.25) is 4.79 Å². The SMILES string of the molecule is CC[C@H](Oc1ccc(F)cc1)C(=O)NCc1csc(-c2ccc(OC)cc2)n1. The van der Waals surface area contributed by atoms with Crippen molar-refractivity contribution in [1.82, 2.24) is 10.3 Å². The monoisotopic (exact) mass is 400 g/mol. The second kappa shape index (κ2) is 9.32. The molecule has 0 saturated heterocycles. The van der Waals surface area contributed by atoms with Crippen molar-refractivity contribution >= 4 is 17.2 Å². The molecule has 28 heavy (non-hydrogen) atoms. The van der Waals surface area contributed by atoms with Gasteiger partial charge in [-0.15, -0.1) is 11.3 Å². The Hall–Kier alpha value is -2.93. The number of carbonyl (C=O) groups is 1. The largest absolute Gasteiger partial charge is 0.497 e. The van der Waals surface area contributed by atoms with Gasteiger partial charge < -0.3 is 14.8 Å². The van der Waals surface area contributed by atoms with Gasteiger partial charge in [-0.05, 0) is 55.0 Å². The third-order valence-corrected chi connectivity index (χ3v) is 5.03. The van der Waals surface area contributed by atoms with E-state index in [1.165, 1.54) is 35.6 Å². The number of ether oxygens (including phenoxy) is 2. The normalized spacial score (nSPS) is 11.7. The number of rotatable bonds is 8. The highest BCUT2D eigenvalue weighted by Crippen LogP contribution is 2.25. The molecule has 0 fully saturated rings. The van der Waals surface area contributed by atoms with Crippen molar-refractivity contribution in [3.63, 3.8) is 0 Å². The third-order valence-electron chi connectivity index (χ3n) is 4.09. The van der Waals surface area contributed by atoms with Gasteiger partial charge in [0.25, 0.3) is 5.91 Å². The highest BCUT2D eigenvalue weighted by molar-refractivity contribution is 7.13. The van der Waals surface area contributed by atoms with E-state index in [1.54, 1.807) is 7.11 Å². The Kier molecular flexibility index (Phi) is 6.60. The summed E-state index contributed by atoms with van der Waals surface area (Å²) in [5, 5.41) is 5.65. The first-order valence-electron chi connectivity index (χ1n) is 8.87. The van der Waals surface area contributed by atoms with Crippen molar-refractivity contribution in [2.75, 3.05) is 7.11 Å². The Morgan fingerprint density at radius 3 is 2.46 bits per heavy atom. The number of aromatic nitrogens is 1. The maximum Gasteiger partial charge on any atom is 0.261 e. The van der Waals surface area contributed by atoms with Crippen LogP contribution in [-0.2, 0) is 11.3 Å². The quantitative estimate of drug-likeness (QED) is 0.608. The smallest absolute Gasteiger partial charge is 0.261 e. The minimum absolute atomic E-state index is 0.231. The molecule has 3 rings (SSSR count). The summed E-state index contributed by atoms with van der Waals surface area (Å²) in [4.78, 5) is 17.0. The Morgan fingerprint density at radius 2 is 1.82 bits per heavy atom. The summed E-state index contributed by atoms with van der Waals surface area (Å²) in [6, 6.07) is 13.3. The number of halogens is 1. The van der Waals surface area contributed by atoms with Gasteiger partial charge in [0.15, 0.2) is 6.10 Å². The summed E-state index contributed by atoms with van der Waals surface area (Å²) in [5.74, 6) is 0.672. The van der Waals surface area contributed by atoms with Gasteiger partial charge in [0, 0.05) is 10.9 Å². The molecule has 0 aliphatic carbocycles. The number of carbonyl (C=O) groups excluding carboxylic acids is 1. The maximum absolute atomic E-state index is 13.0. The number of benzene rings is 2. The van der Waals surface area contributed by atoms with Gasteiger partial charge in [0.05, 0.1) is 19.3 Å². The lowest BCUT2D eigenvalue weighted by Gasteiger charge is -2.17. The molecule has 0 saturated carbocycles. The standard InChI is InChI=1S/C21H21FN2O3S/c1-3-19(27-18-10-6-15(22)7-11-18)20(25)23-12-16-13-28-21(24-16)14-4-8-17(26-2)9-5-14/h4-11,13,19H,3,12H2,1-2H3,(H,23,25)/t19-/m0/s1. The molecule has 0 aliphatic rings. The Bertz CT molecular complexity index is 910. The second-order valence-corrected chi connectivity index (χ2v) is 6.92. The van der Waals surface area contributed by atoms with Crippen molar-refractivity contribution in [2.24, 2.45) is 0 Å². The predicted octanol–water partition coefficient (Wildman–Crippen LogP) is 4.43. The zero-order chi connectivity index (χ0) is 19.9. The summed E-state index contributed by atoms with van der Waals surface area (Å²) >= 11 is 1.52. The fourth-order valence-corrected chi connectivity index (χ4v) is 3.37. The molecule has 0 spiro atoms. The van der Waals surface area contributed by atoms with Crippen molar-refractivity contribution in [3.05, 3.63) is 65.4 Å². The number of nitrogens with one attached hydrogen (secondary N) is 1. The first-order chi connectivity index (χ1) is 13.6. The van der Waals surface area contributed by atoms with E-state index in [0.717, 1.165) is 22.0 Å². The number of methoxy groups -OCH3 is 1. The molecule has 146 valence electrons. The fourth-order valence-electron chi connectivity index (χ4n) is 2.55. The Morgan fingerprint density at radius 1 is 1.14 bits per heavy atom. The van der Waals surface area contributed by atoms with E-state index in [-0.39, 0.29) is 11.7 Å². The number of thiazole rings is 1. The summed E-state index contributed by atoms with van der Waals surface area (Å²) in [6.07, 6.45) is -0.151. The van der Waals surface area contributed by atoms with Crippen LogP contribution < -0.4 is 14.8 Å². The lowest BCUT2D eigenvalue weighted by atomic mass is 10.2. The number of amides is 1. The van der Waals surface area contributed by atoms with Gasteiger partial charge in [-0.1, -0.05) is 6.92 Å². The fraction of sp³-hybridized carbons (Fsp3) is 0.238. The van der Waals surface area contributed by atoms with E-state index in [1.807, 2.05) is 36.6 Å². The van der Waals surface area contributed by atoms with Gasteiger partial charge >= 0.3 is 0 Å². The minimum Gasteiger partial charge on any atom is -0.497 e. The van der Waals surface area contributed by atoms with E-state index in [4.69, 9.17) is 9.47 Å². The average molecular weight is 400 g/mol. The molecule has 1 amide bonds. The van der Waals surface area contributed by atoms with Crippen LogP contribution >= 0.6 is 11.3 Å². The van der Waals surface area contributed by atoms with E-state index in [0.29, 0.717) is 18.7 Å². The van der Waals surface area contributed by atoms with Crippen molar-refractivity contribution in [3.8, 4) is 22.1 Å². The lowest BCUT2D eigenvalue weighted by molar-refractivity contribution is -0.128. The molecule has 3 aromatic rings. The van der Waals surface area contributed by atoms with E-state index in [2.05, 4.69) is 10.3 Å². The van der Waals surface area contributed by atoms with E-state index < -0.39 is 6.10 Å². The van der Waals surface area contributed by atoms with Crippen LogP contribution in [0.3, 0.4) is 0 Å². The second-order valence-electron chi connectivity index (χ2n) is 6.06. The molecule has 7 heteroatoms. The van der Waals surface area contributed by atoms with Crippen molar-refractivity contribution in [2.45, 2.75) is 26.0 Å². The highest BCUT2D eigenvalue weighted by atomic mass is 32.1. The summed E-state index contributed by atoms with van der Waals surface area (Å²) < 4.78 is 23.8. The maximum atomic E-state index is 13.0. The van der Waals surface area contributed by atoms with Crippen LogP contribution in [0.5, 0.6) is 11.5 Å². The number of nitrogens with zero attached hydrogens (tertiary/aromatic N) is 1. The van der Waals surface area contributed by atoms with Gasteiger partial charge in [-0.25, -0.2) is 9.37 Å². The Balaban J connectivity index is 1.57. The lowest BCUT2D eigenvalue weighted by Crippen LogP contribution is -2.37. The van der Waals surface area contributed by atoms with Gasteiger partial charge in [-0.2, -0.15) is 0 Å². The number of hydrogen-bond acceptors (Lipinski definition) is 5. The molecule has 0 bridgehead atoms. The highest BCUT2D eigenvalue weighted by Gasteiger charge is 2.18. The molecule has 1 heterocycles. The average Bonchev–Trinajstić information content (AvgIpc) is 3.20. The topological polar surface area (TPSA) is 60.5 Å². The number of hydrogen-bond donors (Lipinski definition) is 1. The molecule has 0 radical (unpaired) electrons. The molecule has 1 aromatic heterocycles. The first-order valence-corrected chi connectivity index (χ1v) is 9.75.